The Morgan fingerprint density at radius 3 is 2.46 bits per heavy atom. The van der Waals surface area contributed by atoms with E-state index < -0.39 is 0 Å². The second-order valence-corrected chi connectivity index (χ2v) is 6.13. The van der Waals surface area contributed by atoms with E-state index in [1.807, 2.05) is 41.2 Å². The van der Waals surface area contributed by atoms with Crippen molar-refractivity contribution in [3.05, 3.63) is 78.1 Å². The number of aryl methyl sites for hydroxylation is 1. The van der Waals surface area contributed by atoms with Crippen LogP contribution in [0, 0.1) is 6.92 Å². The van der Waals surface area contributed by atoms with Crippen LogP contribution >= 0.6 is 24.0 Å². The largest absolute Gasteiger partial charge is 0.492 e. The summed E-state index contributed by atoms with van der Waals surface area (Å²) in [7, 11) is 1.76. The van der Waals surface area contributed by atoms with Crippen molar-refractivity contribution in [2.45, 2.75) is 13.5 Å². The van der Waals surface area contributed by atoms with E-state index in [1.165, 1.54) is 11.1 Å². The Morgan fingerprint density at radius 2 is 1.82 bits per heavy atom. The minimum atomic E-state index is 0. The lowest BCUT2D eigenvalue weighted by atomic mass is 10.2. The van der Waals surface area contributed by atoms with Gasteiger partial charge in [0.25, 0.3) is 0 Å². The fourth-order valence-corrected chi connectivity index (χ4v) is 2.57. The van der Waals surface area contributed by atoms with Gasteiger partial charge in [-0.1, -0.05) is 29.8 Å². The molecule has 0 atom stereocenters. The lowest BCUT2D eigenvalue weighted by molar-refractivity contribution is 0.322. The summed E-state index contributed by atoms with van der Waals surface area (Å²) in [4.78, 5) is 4.24. The number of hydrogen-bond donors (Lipinski definition) is 2. The maximum absolute atomic E-state index is 5.71. The first-order chi connectivity index (χ1) is 13.2. The highest BCUT2D eigenvalue weighted by Crippen LogP contribution is 2.11. The summed E-state index contributed by atoms with van der Waals surface area (Å²) in [6.07, 6.45) is 3.70. The average Bonchev–Trinajstić information content (AvgIpc) is 3.24. The SMILES string of the molecule is CN=C(NCCOc1ccc(C)cc1)NCc1ccc(-n2cccn2)cc1.I. The topological polar surface area (TPSA) is 63.5 Å². The molecule has 2 aromatic carbocycles. The molecule has 0 radical (unpaired) electrons. The lowest BCUT2D eigenvalue weighted by Gasteiger charge is -2.13. The smallest absolute Gasteiger partial charge is 0.191 e. The number of aromatic nitrogens is 2. The van der Waals surface area contributed by atoms with Gasteiger partial charge in [-0.25, -0.2) is 4.68 Å². The van der Waals surface area contributed by atoms with Gasteiger partial charge >= 0.3 is 0 Å². The lowest BCUT2D eigenvalue weighted by Crippen LogP contribution is -2.38. The van der Waals surface area contributed by atoms with Crippen molar-refractivity contribution < 1.29 is 4.74 Å². The third kappa shape index (κ3) is 6.56. The molecule has 2 N–H and O–H groups in total. The summed E-state index contributed by atoms with van der Waals surface area (Å²) in [6, 6.07) is 18.2. The molecule has 3 rings (SSSR count). The third-order valence-corrected chi connectivity index (χ3v) is 4.07. The predicted octanol–water partition coefficient (Wildman–Crippen LogP) is 3.54. The first-order valence-corrected chi connectivity index (χ1v) is 8.97. The highest BCUT2D eigenvalue weighted by molar-refractivity contribution is 14.0. The first-order valence-electron chi connectivity index (χ1n) is 8.97. The van der Waals surface area contributed by atoms with Crippen LogP contribution in [0.5, 0.6) is 5.75 Å². The van der Waals surface area contributed by atoms with Crippen LogP contribution in [0.25, 0.3) is 5.69 Å². The molecule has 0 aliphatic heterocycles. The highest BCUT2D eigenvalue weighted by Gasteiger charge is 2.00. The third-order valence-electron chi connectivity index (χ3n) is 4.07. The minimum Gasteiger partial charge on any atom is -0.492 e. The van der Waals surface area contributed by atoms with E-state index in [4.69, 9.17) is 4.74 Å². The van der Waals surface area contributed by atoms with Crippen LogP contribution in [-0.4, -0.2) is 35.9 Å². The van der Waals surface area contributed by atoms with Crippen molar-refractivity contribution in [2.24, 2.45) is 4.99 Å². The van der Waals surface area contributed by atoms with Crippen LogP contribution in [0.2, 0.25) is 0 Å². The number of guanidine groups is 1. The van der Waals surface area contributed by atoms with E-state index in [1.54, 1.807) is 13.2 Å². The Bertz CT molecular complexity index is 846. The van der Waals surface area contributed by atoms with E-state index >= 15 is 0 Å². The van der Waals surface area contributed by atoms with Gasteiger partial charge in [-0.15, -0.1) is 24.0 Å². The van der Waals surface area contributed by atoms with E-state index in [9.17, 15) is 0 Å². The molecule has 6 nitrogen and oxygen atoms in total. The molecule has 0 spiro atoms. The van der Waals surface area contributed by atoms with E-state index in [0.29, 0.717) is 19.7 Å². The molecule has 7 heteroatoms. The second-order valence-electron chi connectivity index (χ2n) is 6.13. The number of rotatable bonds is 7. The Hall–Kier alpha value is -2.55. The standard InChI is InChI=1S/C21H25N5O.HI/c1-17-4-10-20(11-5-17)27-15-13-23-21(22-2)24-16-18-6-8-19(9-7-18)26-14-3-12-25-26;/h3-12,14H,13,15-16H2,1-2H3,(H2,22,23,24);1H. The quantitative estimate of drug-likeness (QED) is 0.230. The van der Waals surface area contributed by atoms with E-state index in [2.05, 4.69) is 51.9 Å². The Labute approximate surface area is 183 Å². The van der Waals surface area contributed by atoms with Gasteiger partial charge in [0, 0.05) is 26.0 Å². The minimum absolute atomic E-state index is 0. The van der Waals surface area contributed by atoms with Crippen molar-refractivity contribution >= 4 is 29.9 Å². The molecule has 1 aromatic heterocycles. The normalized spacial score (nSPS) is 10.9. The average molecular weight is 491 g/mol. The van der Waals surface area contributed by atoms with Crippen LogP contribution < -0.4 is 15.4 Å². The number of halogens is 1. The molecule has 0 bridgehead atoms. The second kappa shape index (κ2) is 11.3. The van der Waals surface area contributed by atoms with Crippen molar-refractivity contribution in [3.63, 3.8) is 0 Å². The summed E-state index contributed by atoms with van der Waals surface area (Å²) < 4.78 is 7.55. The Balaban J connectivity index is 0.00000280. The zero-order valence-electron chi connectivity index (χ0n) is 16.1. The summed E-state index contributed by atoms with van der Waals surface area (Å²) in [5.74, 6) is 1.63. The predicted molar refractivity (Wildman–Crippen MR) is 124 cm³/mol. The molecule has 0 amide bonds. The first kappa shape index (κ1) is 21.7. The van der Waals surface area contributed by atoms with Crippen molar-refractivity contribution in [1.82, 2.24) is 20.4 Å². The van der Waals surface area contributed by atoms with Gasteiger partial charge in [-0.2, -0.15) is 5.10 Å². The van der Waals surface area contributed by atoms with E-state index in [-0.39, 0.29) is 24.0 Å². The zero-order valence-corrected chi connectivity index (χ0v) is 18.5. The van der Waals surface area contributed by atoms with Crippen LogP contribution in [0.15, 0.2) is 72.0 Å². The van der Waals surface area contributed by atoms with Crippen molar-refractivity contribution in [2.75, 3.05) is 20.2 Å². The molecule has 0 saturated heterocycles. The number of nitrogens with zero attached hydrogens (tertiary/aromatic N) is 3. The molecule has 28 heavy (non-hydrogen) atoms. The molecule has 0 saturated carbocycles. The number of hydrogen-bond acceptors (Lipinski definition) is 3. The number of benzene rings is 2. The summed E-state index contributed by atoms with van der Waals surface area (Å²) in [5, 5.41) is 10.8. The fraction of sp³-hybridized carbons (Fsp3) is 0.238. The van der Waals surface area contributed by atoms with Crippen molar-refractivity contribution in [1.29, 1.82) is 0 Å². The maximum Gasteiger partial charge on any atom is 0.191 e. The summed E-state index contributed by atoms with van der Waals surface area (Å²) >= 11 is 0. The summed E-state index contributed by atoms with van der Waals surface area (Å²) in [5.41, 5.74) is 3.44. The van der Waals surface area contributed by atoms with Gasteiger partial charge in [0.05, 0.1) is 12.2 Å². The van der Waals surface area contributed by atoms with E-state index in [0.717, 1.165) is 17.4 Å². The van der Waals surface area contributed by atoms with Crippen molar-refractivity contribution in [3.8, 4) is 11.4 Å². The zero-order chi connectivity index (χ0) is 18.9. The molecule has 0 aliphatic carbocycles. The molecule has 3 aromatic rings. The number of nitrogens with one attached hydrogen (secondary N) is 2. The highest BCUT2D eigenvalue weighted by atomic mass is 127. The van der Waals surface area contributed by atoms with Gasteiger partial charge in [-0.3, -0.25) is 4.99 Å². The van der Waals surface area contributed by atoms with Gasteiger partial charge < -0.3 is 15.4 Å². The molecule has 1 heterocycles. The molecule has 0 aliphatic rings. The van der Waals surface area contributed by atoms with Crippen LogP contribution in [0.3, 0.4) is 0 Å². The van der Waals surface area contributed by atoms with Crippen LogP contribution in [0.1, 0.15) is 11.1 Å². The molecule has 0 unspecified atom stereocenters. The van der Waals surface area contributed by atoms with Gasteiger partial charge in [-0.05, 0) is 42.8 Å². The summed E-state index contributed by atoms with van der Waals surface area (Å²) in [6.45, 7) is 4.00. The number of aliphatic imine (C=N–C) groups is 1. The van der Waals surface area contributed by atoms with Crippen LogP contribution in [-0.2, 0) is 6.54 Å². The Morgan fingerprint density at radius 1 is 1.07 bits per heavy atom. The molecular weight excluding hydrogens is 465 g/mol. The van der Waals surface area contributed by atoms with Gasteiger partial charge in [0.15, 0.2) is 5.96 Å². The van der Waals surface area contributed by atoms with Gasteiger partial charge in [0.1, 0.15) is 12.4 Å². The van der Waals surface area contributed by atoms with Gasteiger partial charge in [0.2, 0.25) is 0 Å². The molecular formula is C21H26IN5O. The molecule has 148 valence electrons. The Kier molecular flexibility index (Phi) is 8.80. The van der Waals surface area contributed by atoms with Crippen LogP contribution in [0.4, 0.5) is 0 Å². The molecule has 0 fully saturated rings. The maximum atomic E-state index is 5.71. The number of ether oxygens (including phenoxy) is 1. The monoisotopic (exact) mass is 491 g/mol. The fourth-order valence-electron chi connectivity index (χ4n) is 2.57.